The number of allylic oxidation sites excluding steroid dienone is 2. The van der Waals surface area contributed by atoms with E-state index in [1.807, 2.05) is 7.07 Å². The van der Waals surface area contributed by atoms with E-state index in [0.29, 0.717) is 150 Å². The Morgan fingerprint density at radius 1 is 0.323 bits per heavy atom. The van der Waals surface area contributed by atoms with Gasteiger partial charge in [0.15, 0.2) is 0 Å². The summed E-state index contributed by atoms with van der Waals surface area (Å²) in [7, 11) is 6.43. The summed E-state index contributed by atoms with van der Waals surface area (Å²) in [5.74, 6) is 12.3. The van der Waals surface area contributed by atoms with Crippen LogP contribution in [0.15, 0.2) is 21.0 Å². The van der Waals surface area contributed by atoms with Crippen molar-refractivity contribution in [3.63, 3.8) is 0 Å². The van der Waals surface area contributed by atoms with E-state index in [1.54, 1.807) is 11.1 Å². The molecule has 0 aliphatic heterocycles. The first-order valence-electron chi connectivity index (χ1n) is 52.7. The molecule has 127 heavy (non-hydrogen) atoms. The van der Waals surface area contributed by atoms with Crippen LogP contribution in [0, 0.1) is 116 Å². The van der Waals surface area contributed by atoms with Crippen LogP contribution in [0.3, 0.4) is 0 Å². The summed E-state index contributed by atoms with van der Waals surface area (Å²) in [6.07, 6.45) is 0.363. The predicted molar refractivity (Wildman–Crippen MR) is 610 cm³/mol. The molecule has 0 atom stereocenters. The number of thioether (sulfide) groups is 1. The molecule has 0 unspecified atom stereocenters. The SMILES string of the molecule is C/C(=C(\C)C(C)C)C(C)C.CB(C(C)(C)C(C)C)C(C)(C)C(C)C.CB(C(C)C)N(C)C(C)C.CB(OC(C)C)C(C)C.CC(=NC(C)C)C(C)C.CC(C)B=NC(C)C.CC(C)C(C)(C)C(C)(C)C(C)(C)C(C)C.CC(C)C(C)(C)C(C)(C)C(C)C.CC(C)C(C)(C)N(C)C(C)(C)C(C)C.CC(C)C(C)(C)OC(C)(C)C(C)C.CC(C)C(C)(C)SC(C)(C)C(C)C. The van der Waals surface area contributed by atoms with E-state index in [4.69, 9.17) is 9.39 Å². The smallest absolute Gasteiger partial charge is 0.0656 e. The van der Waals surface area contributed by atoms with Crippen LogP contribution in [0.1, 0.15) is 505 Å². The minimum Gasteiger partial charge on any atom is -0.369 e. The van der Waals surface area contributed by atoms with Gasteiger partial charge in [-0.2, -0.15) is 0 Å². The second-order valence-corrected chi connectivity index (χ2v) is 55.7. The molecule has 0 aliphatic rings. The number of rotatable bonds is 35. The van der Waals surface area contributed by atoms with Crippen molar-refractivity contribution >= 4 is 45.0 Å². The molecule has 0 amide bonds. The van der Waals surface area contributed by atoms with Gasteiger partial charge in [-0.25, -0.2) is 0 Å². The van der Waals surface area contributed by atoms with E-state index >= 15 is 0 Å². The summed E-state index contributed by atoms with van der Waals surface area (Å²) >= 11 is 2.12. The van der Waals surface area contributed by atoms with Gasteiger partial charge in [0.2, 0.25) is 6.85 Å². The van der Waals surface area contributed by atoms with Gasteiger partial charge >= 0.3 is 51.5 Å². The fourth-order valence-electron chi connectivity index (χ4n) is 12.4. The Bertz CT molecular complexity index is 2530. The third-order valence-electron chi connectivity index (χ3n) is 35.2. The molecule has 0 N–H and O–H groups in total. The zero-order valence-corrected chi connectivity index (χ0v) is 105. The molecule has 0 aromatic heterocycles. The first-order valence-corrected chi connectivity index (χ1v) is 53.5. The van der Waals surface area contributed by atoms with Gasteiger partial charge in [-0.3, -0.25) is 9.89 Å². The molecular formula is C116H256B4N4O2S. The second-order valence-electron chi connectivity index (χ2n) is 53.4. The topological polar surface area (TPSA) is 49.7 Å². The van der Waals surface area contributed by atoms with Crippen molar-refractivity contribution in [1.29, 1.82) is 0 Å². The van der Waals surface area contributed by atoms with Gasteiger partial charge in [-0.15, -0.1) is 11.8 Å². The molecule has 0 heterocycles. The summed E-state index contributed by atoms with van der Waals surface area (Å²) in [5, 5.41) is 0.849. The molecule has 0 rings (SSSR count). The summed E-state index contributed by atoms with van der Waals surface area (Å²) in [5.41, 5.74) is 6.70. The van der Waals surface area contributed by atoms with Crippen molar-refractivity contribution in [3.8, 4) is 0 Å². The van der Waals surface area contributed by atoms with E-state index in [-0.39, 0.29) is 22.3 Å². The summed E-state index contributed by atoms with van der Waals surface area (Å²) in [4.78, 5) is 13.5. The maximum absolute atomic E-state index is 6.15. The quantitative estimate of drug-likeness (QED) is 0.0360. The van der Waals surface area contributed by atoms with Gasteiger partial charge < -0.3 is 14.2 Å². The summed E-state index contributed by atoms with van der Waals surface area (Å²) in [6, 6.07) is 1.57. The Morgan fingerprint density at radius 3 is 0.717 bits per heavy atom. The van der Waals surface area contributed by atoms with E-state index in [0.717, 1.165) is 48.0 Å². The zero-order chi connectivity index (χ0) is 106. The Hall–Kier alpha value is -0.340. The minimum absolute atomic E-state index is 0.0340. The van der Waals surface area contributed by atoms with E-state index < -0.39 is 0 Å². The number of nitrogens with zero attached hydrogens (tertiary/aromatic N) is 4. The molecule has 0 saturated heterocycles. The normalized spacial score (nSPS) is 13.7. The number of aliphatic imine (C=N–C) groups is 1. The van der Waals surface area contributed by atoms with Crippen molar-refractivity contribution in [2.75, 3.05) is 14.1 Å². The molecule has 0 fully saturated rings. The Kier molecular flexibility index (Phi) is 76.2. The van der Waals surface area contributed by atoms with E-state index in [1.165, 1.54) is 5.71 Å². The van der Waals surface area contributed by atoms with E-state index in [9.17, 15) is 0 Å². The van der Waals surface area contributed by atoms with Gasteiger partial charge in [0.25, 0.3) is 6.92 Å². The molecule has 0 aromatic carbocycles. The van der Waals surface area contributed by atoms with Crippen molar-refractivity contribution in [2.24, 2.45) is 126 Å². The molecule has 0 radical (unpaired) electrons. The maximum Gasteiger partial charge on any atom is 0.0656 e. The third kappa shape index (κ3) is 59.5. The second kappa shape index (κ2) is 64.8. The van der Waals surface area contributed by atoms with Crippen LogP contribution in [-0.4, -0.2) is 113 Å². The van der Waals surface area contributed by atoms with Gasteiger partial charge in [0, 0.05) is 38.4 Å². The molecule has 0 aliphatic carbocycles. The largest absolute Gasteiger partial charge is 0.369 e. The number of ether oxygens (including phenoxy) is 1. The van der Waals surface area contributed by atoms with Crippen molar-refractivity contribution in [1.82, 2.24) is 9.71 Å². The monoisotopic (exact) mass is 1810 g/mol. The average Bonchev–Trinajstić information content (AvgIpc) is 0.753. The Morgan fingerprint density at radius 2 is 0.591 bits per heavy atom. The van der Waals surface area contributed by atoms with E-state index in [2.05, 4.69) is 571 Å². The fourth-order valence-corrected chi connectivity index (χ4v) is 14.2. The van der Waals surface area contributed by atoms with Crippen LogP contribution in [0.4, 0.5) is 0 Å². The van der Waals surface area contributed by atoms with Crippen LogP contribution in [0.25, 0.3) is 0 Å². The van der Waals surface area contributed by atoms with Crippen LogP contribution in [0.2, 0.25) is 48.5 Å². The molecule has 770 valence electrons. The fraction of sp³-hybridized carbons (Fsp3) is 0.974. The predicted octanol–water partition coefficient (Wildman–Crippen LogP) is 40.0. The molecule has 0 spiro atoms. The number of hydrogen-bond acceptors (Lipinski definition) is 7. The van der Waals surface area contributed by atoms with Crippen molar-refractivity contribution in [3.05, 3.63) is 11.1 Å². The Balaban J connectivity index is -0.000000130. The molecule has 6 nitrogen and oxygen atoms in total. The molecule has 0 aromatic rings. The Labute approximate surface area is 819 Å². The third-order valence-corrected chi connectivity index (χ3v) is 37.2. The average molecular weight is 1810 g/mol. The molecule has 0 saturated carbocycles. The van der Waals surface area contributed by atoms with Crippen molar-refractivity contribution < 1.29 is 9.39 Å². The summed E-state index contributed by atoms with van der Waals surface area (Å²) in [6.45, 7) is 175. The van der Waals surface area contributed by atoms with Crippen LogP contribution in [0.5, 0.6) is 0 Å². The van der Waals surface area contributed by atoms with Crippen LogP contribution < -0.4 is 0 Å². The standard InChI is InChI=1S/C15H32.C13H29B.C13H29N.C12H26O.C12H26S.C12H26.C10H20.C8H20BN.C8H17N.C7H17BO.C6H14BN/c1-11(2)13(5,6)15(9,10)14(7,8)12(3)4;2*1-10(2)12(5,6)14(9)13(7,8)11(3)4;2*1-9(2)11(5,6)13-12(7,8)10(3)4;1-9(2)11(5,6)12(7,8)10(3)4;2*1-7(2)9(5)10(6)8(3)4;2*1-6(2)8(5)9-7(3)4;1-5(2)7-8-6(3)4/h11-12H,1-10H3;2*10-11H,1-9H3;2*9-10H,1-8H3;9-10H,1-8H3;2*7-8H,1-6H3;2*6-7H,1-5H3;5-6H,1-4H3/b;;;;;;10-9-;;;;. The van der Waals surface area contributed by atoms with Gasteiger partial charge in [-0.05, 0) is 246 Å². The maximum atomic E-state index is 6.15. The van der Waals surface area contributed by atoms with Gasteiger partial charge in [0.1, 0.15) is 6.71 Å². The summed E-state index contributed by atoms with van der Waals surface area (Å²) < 4.78 is 12.4. The number of hydrogen-bond donors (Lipinski definition) is 0. The van der Waals surface area contributed by atoms with Crippen LogP contribution in [-0.2, 0) is 9.39 Å². The van der Waals surface area contributed by atoms with Crippen molar-refractivity contribution in [2.45, 2.75) is 610 Å². The first-order chi connectivity index (χ1) is 55.4. The first kappa shape index (κ1) is 150. The molecule has 11 heteroatoms. The van der Waals surface area contributed by atoms with Gasteiger partial charge in [0.05, 0.1) is 11.2 Å². The molecule has 0 bridgehead atoms. The van der Waals surface area contributed by atoms with Gasteiger partial charge in [-0.1, -0.05) is 422 Å². The minimum atomic E-state index is -0.0340. The molecular weight excluding hydrogens is 1560 g/mol. The zero-order valence-electron chi connectivity index (χ0n) is 104. The van der Waals surface area contributed by atoms with Crippen LogP contribution >= 0.6 is 11.8 Å².